The Hall–Kier alpha value is -4.59. The van der Waals surface area contributed by atoms with Crippen LogP contribution in [0.4, 0.5) is 16.2 Å². The van der Waals surface area contributed by atoms with E-state index in [0.29, 0.717) is 136 Å². The van der Waals surface area contributed by atoms with Crippen molar-refractivity contribution in [2.45, 2.75) is 89.9 Å². The molecule has 2 heterocycles. The third-order valence-electron chi connectivity index (χ3n) is 14.1. The summed E-state index contributed by atoms with van der Waals surface area (Å²) in [7, 11) is 2.16. The van der Waals surface area contributed by atoms with Gasteiger partial charge >= 0.3 is 6.09 Å². The lowest BCUT2D eigenvalue weighted by molar-refractivity contribution is -0.401. The number of allylic oxidation sites excluding steroid dienone is 4. The van der Waals surface area contributed by atoms with Crippen LogP contribution in [0.5, 0.6) is 0 Å². The monoisotopic (exact) mass is 984 g/mol. The van der Waals surface area contributed by atoms with Gasteiger partial charge in [0.05, 0.1) is 105 Å². The predicted octanol–water partition coefficient (Wildman–Crippen LogP) is 7.89. The van der Waals surface area contributed by atoms with Gasteiger partial charge in [-0.2, -0.15) is 4.58 Å². The van der Waals surface area contributed by atoms with E-state index in [1.807, 2.05) is 0 Å². The highest BCUT2D eigenvalue weighted by Crippen LogP contribution is 2.52. The number of alkyl carbamates (subject to hydrolysis) is 1. The van der Waals surface area contributed by atoms with Crippen molar-refractivity contribution in [2.75, 3.05) is 131 Å². The van der Waals surface area contributed by atoms with E-state index in [1.54, 1.807) is 0 Å². The number of unbranched alkanes of at least 4 members (excludes halogenated alkanes) is 2. The standard InChI is InChI=1S/C57H82N4O10/c1-56(2)48-20-12-14-22-50(48)60(5)52(56)24-17-25-53-57(3,4)49-21-13-15-23-51(49)61(53)29-16-8-11-26-54(62)58-27-30-64-32-34-66-36-38-68-40-42-70-43-41-69-39-37-67-35-33-65-31-28-59-55(63)71-44-47-45-18-9-6-7-10-19-46(45)47/h12-15,17,20-25,45-47H,8-11,16,18-19,26-44H2,1-5H3,(H-,58,59,62,63)/p+1/t45-,46+,47?. The number of nitrogens with zero attached hydrogens (tertiary/aromatic N) is 2. The topological polar surface area (TPSA) is 138 Å². The van der Waals surface area contributed by atoms with Crippen LogP contribution in [0.15, 0.2) is 72.5 Å². The fraction of sp³-hybridized carbons (Fsp3) is 0.632. The van der Waals surface area contributed by atoms with Gasteiger partial charge in [0, 0.05) is 73.4 Å². The molecule has 3 atom stereocenters. The molecule has 2 aliphatic carbocycles. The smallest absolute Gasteiger partial charge is 0.407 e. The zero-order valence-corrected chi connectivity index (χ0v) is 43.4. The number of carbonyl (C=O) groups excluding carboxylic acids is 2. The molecule has 1 saturated carbocycles. The van der Waals surface area contributed by atoms with Crippen LogP contribution in [0, 0.1) is 29.6 Å². The van der Waals surface area contributed by atoms with E-state index in [4.69, 9.17) is 37.9 Å². The first-order valence-electron chi connectivity index (χ1n) is 26.2. The molecule has 2 aliphatic heterocycles. The predicted molar refractivity (Wildman–Crippen MR) is 278 cm³/mol. The second kappa shape index (κ2) is 29.8. The zero-order chi connectivity index (χ0) is 50.2. The summed E-state index contributed by atoms with van der Waals surface area (Å²) in [5.74, 6) is 8.30. The van der Waals surface area contributed by atoms with Crippen LogP contribution in [0.3, 0.4) is 0 Å². The van der Waals surface area contributed by atoms with Gasteiger partial charge in [-0.05, 0) is 75.0 Å². The Morgan fingerprint density at radius 3 is 1.76 bits per heavy atom. The third kappa shape index (κ3) is 17.3. The van der Waals surface area contributed by atoms with E-state index in [1.165, 1.54) is 33.9 Å². The Labute approximate surface area is 424 Å². The lowest BCUT2D eigenvalue weighted by Crippen LogP contribution is -2.29. The SMILES string of the molecule is C[N+]1=C(/C=C/C=C2/N(CCCCCC(=O)NCCOCCOCCOCCOCCOCCOCCOCCNC(=O)OCC3[C@H]4CCC#CCC[C@@H]34)c3ccccc3C2(C)C)C(C)(C)c2ccccc21. The van der Waals surface area contributed by atoms with E-state index in [-0.39, 0.29) is 22.8 Å². The maximum absolute atomic E-state index is 12.5. The fourth-order valence-electron chi connectivity index (χ4n) is 10.1. The molecule has 390 valence electrons. The summed E-state index contributed by atoms with van der Waals surface area (Å²) in [4.78, 5) is 27.0. The van der Waals surface area contributed by atoms with E-state index in [9.17, 15) is 9.59 Å². The van der Waals surface area contributed by atoms with Crippen molar-refractivity contribution in [2.24, 2.45) is 17.8 Å². The Bertz CT molecular complexity index is 2110. The molecule has 0 saturated heterocycles. The molecule has 0 spiro atoms. The number of hydrogen-bond donors (Lipinski definition) is 2. The van der Waals surface area contributed by atoms with Gasteiger partial charge in [0.15, 0.2) is 5.71 Å². The molecule has 4 aliphatic rings. The zero-order valence-electron chi connectivity index (χ0n) is 43.4. The number of ether oxygens (including phenoxy) is 8. The summed E-state index contributed by atoms with van der Waals surface area (Å²) in [6, 6.07) is 17.4. The molecule has 14 nitrogen and oxygen atoms in total. The first kappa shape index (κ1) is 55.7. The van der Waals surface area contributed by atoms with Crippen LogP contribution in [-0.4, -0.2) is 148 Å². The second-order valence-electron chi connectivity index (χ2n) is 19.7. The summed E-state index contributed by atoms with van der Waals surface area (Å²) in [5, 5.41) is 5.73. The van der Waals surface area contributed by atoms with Gasteiger partial charge in [-0.15, -0.1) is 11.8 Å². The van der Waals surface area contributed by atoms with Crippen LogP contribution >= 0.6 is 0 Å². The maximum atomic E-state index is 12.5. The lowest BCUT2D eigenvalue weighted by Gasteiger charge is -2.27. The normalized spacial score (nSPS) is 20.0. The summed E-state index contributed by atoms with van der Waals surface area (Å²) >= 11 is 0. The summed E-state index contributed by atoms with van der Waals surface area (Å²) in [5.41, 5.74) is 7.65. The molecule has 2 amide bonds. The van der Waals surface area contributed by atoms with E-state index >= 15 is 0 Å². The average molecular weight is 984 g/mol. The Morgan fingerprint density at radius 2 is 1.18 bits per heavy atom. The van der Waals surface area contributed by atoms with Gasteiger partial charge in [-0.3, -0.25) is 4.79 Å². The van der Waals surface area contributed by atoms with E-state index < -0.39 is 0 Å². The molecule has 1 unspecified atom stereocenters. The summed E-state index contributed by atoms with van der Waals surface area (Å²) in [6.07, 6.45) is 13.9. The number of rotatable bonds is 34. The van der Waals surface area contributed by atoms with Crippen LogP contribution in [0.1, 0.15) is 90.2 Å². The minimum atomic E-state index is -0.382. The Balaban J connectivity index is 0.675. The van der Waals surface area contributed by atoms with Crippen molar-refractivity contribution >= 4 is 29.1 Å². The number of anilines is 1. The molecule has 14 heteroatoms. The molecule has 2 N–H and O–H groups in total. The molecule has 0 bridgehead atoms. The lowest BCUT2D eigenvalue weighted by atomic mass is 9.81. The quantitative estimate of drug-likeness (QED) is 0.0403. The molecule has 6 rings (SSSR count). The summed E-state index contributed by atoms with van der Waals surface area (Å²) < 4.78 is 46.7. The van der Waals surface area contributed by atoms with Gasteiger partial charge < -0.3 is 53.4 Å². The van der Waals surface area contributed by atoms with Crippen molar-refractivity contribution in [1.29, 1.82) is 0 Å². The van der Waals surface area contributed by atoms with Crippen LogP contribution < -0.4 is 15.5 Å². The molecule has 71 heavy (non-hydrogen) atoms. The molecule has 0 radical (unpaired) electrons. The Morgan fingerprint density at radius 1 is 0.662 bits per heavy atom. The number of hydrogen-bond acceptors (Lipinski definition) is 11. The van der Waals surface area contributed by atoms with Crippen LogP contribution in [0.2, 0.25) is 0 Å². The number of benzene rings is 2. The van der Waals surface area contributed by atoms with Gasteiger partial charge in [0.25, 0.3) is 0 Å². The van der Waals surface area contributed by atoms with Crippen molar-refractivity contribution in [3.8, 4) is 11.8 Å². The molecular weight excluding hydrogens is 901 g/mol. The second-order valence-corrected chi connectivity index (χ2v) is 19.7. The molecule has 0 aromatic heterocycles. The van der Waals surface area contributed by atoms with Gasteiger partial charge in [0.1, 0.15) is 7.05 Å². The first-order valence-corrected chi connectivity index (χ1v) is 26.2. The third-order valence-corrected chi connectivity index (χ3v) is 14.1. The Kier molecular flexibility index (Phi) is 23.4. The first-order chi connectivity index (χ1) is 34.6. The molecule has 2 aromatic carbocycles. The largest absolute Gasteiger partial charge is 0.449 e. The van der Waals surface area contributed by atoms with Crippen LogP contribution in [0.25, 0.3) is 0 Å². The number of amides is 2. The average Bonchev–Trinajstić information content (AvgIpc) is 3.89. The maximum Gasteiger partial charge on any atom is 0.407 e. The van der Waals surface area contributed by atoms with Crippen molar-refractivity contribution in [3.63, 3.8) is 0 Å². The highest BCUT2D eigenvalue weighted by molar-refractivity contribution is 6.03. The van der Waals surface area contributed by atoms with Crippen molar-refractivity contribution in [3.05, 3.63) is 83.6 Å². The number of nitrogens with one attached hydrogen (secondary N) is 2. The highest BCUT2D eigenvalue weighted by Gasteiger charge is 2.49. The molecule has 1 fully saturated rings. The number of para-hydroxylation sites is 2. The van der Waals surface area contributed by atoms with Gasteiger partial charge in [-0.25, -0.2) is 4.79 Å². The van der Waals surface area contributed by atoms with Crippen molar-refractivity contribution < 1.29 is 52.1 Å². The molecular formula is C57H83N4O10+. The number of fused-ring (bicyclic) bond motifs is 3. The molecule has 2 aromatic rings. The minimum Gasteiger partial charge on any atom is -0.449 e. The summed E-state index contributed by atoms with van der Waals surface area (Å²) in [6.45, 7) is 18.0. The highest BCUT2D eigenvalue weighted by atomic mass is 16.6. The fourth-order valence-corrected chi connectivity index (χ4v) is 10.1. The van der Waals surface area contributed by atoms with E-state index in [2.05, 4.69) is 133 Å². The number of carbonyl (C=O) groups is 2. The van der Waals surface area contributed by atoms with E-state index in [0.717, 1.165) is 51.5 Å². The minimum absolute atomic E-state index is 0.0603. The van der Waals surface area contributed by atoms with Crippen molar-refractivity contribution in [1.82, 2.24) is 10.6 Å². The van der Waals surface area contributed by atoms with Gasteiger partial charge in [0.2, 0.25) is 11.6 Å². The van der Waals surface area contributed by atoms with Gasteiger partial charge in [-0.1, -0.05) is 62.7 Å². The van der Waals surface area contributed by atoms with Crippen LogP contribution in [-0.2, 0) is 53.5 Å².